The Bertz CT molecular complexity index is 478. The number of aliphatic hydroxyl groups is 1. The van der Waals surface area contributed by atoms with Crippen LogP contribution < -0.4 is 5.32 Å². The summed E-state index contributed by atoms with van der Waals surface area (Å²) in [6.45, 7) is 4.23. The predicted molar refractivity (Wildman–Crippen MR) is 68.7 cm³/mol. The number of carbonyl (C=O) groups is 1. The van der Waals surface area contributed by atoms with Crippen molar-refractivity contribution >= 4 is 5.91 Å². The minimum atomic E-state index is -0.279. The van der Waals surface area contributed by atoms with Crippen molar-refractivity contribution in [1.29, 1.82) is 0 Å². The molecule has 18 heavy (non-hydrogen) atoms. The highest BCUT2D eigenvalue weighted by atomic mass is 16.3. The quantitative estimate of drug-likeness (QED) is 0.757. The Morgan fingerprint density at radius 3 is 2.61 bits per heavy atom. The average molecular weight is 249 g/mol. The molecule has 1 aromatic carbocycles. The Kier molecular flexibility index (Phi) is 3.30. The normalized spacial score (nSPS) is 16.4. The minimum absolute atomic E-state index is 0.0342. The molecular weight excluding hydrogens is 230 g/mol. The number of aliphatic hydroxyl groups excluding tert-OH is 1. The molecule has 4 heteroatoms. The van der Waals surface area contributed by atoms with Crippen molar-refractivity contribution in [2.45, 2.75) is 26.7 Å². The third kappa shape index (κ3) is 2.48. The summed E-state index contributed by atoms with van der Waals surface area (Å²) in [7, 11) is 0. The SMILES string of the molecule is Cc1cc(C)c(O)c(C(=O)NCC2(CO)CC2)c1. The molecule has 4 nitrogen and oxygen atoms in total. The fourth-order valence-electron chi connectivity index (χ4n) is 2.06. The van der Waals surface area contributed by atoms with Gasteiger partial charge in [0, 0.05) is 12.0 Å². The molecule has 0 aliphatic heterocycles. The molecule has 1 saturated carbocycles. The summed E-state index contributed by atoms with van der Waals surface area (Å²) in [5.41, 5.74) is 1.83. The molecular formula is C14H19NO3. The summed E-state index contributed by atoms with van der Waals surface area (Å²) in [4.78, 5) is 12.0. The Balaban J connectivity index is 2.09. The third-order valence-electron chi connectivity index (χ3n) is 3.61. The smallest absolute Gasteiger partial charge is 0.255 e. The van der Waals surface area contributed by atoms with Gasteiger partial charge >= 0.3 is 0 Å². The van der Waals surface area contributed by atoms with Crippen LogP contribution in [-0.2, 0) is 0 Å². The van der Waals surface area contributed by atoms with Gasteiger partial charge in [-0.2, -0.15) is 0 Å². The molecule has 1 aliphatic rings. The number of rotatable bonds is 4. The van der Waals surface area contributed by atoms with Gasteiger partial charge in [-0.15, -0.1) is 0 Å². The van der Waals surface area contributed by atoms with Crippen LogP contribution in [0.2, 0.25) is 0 Å². The Morgan fingerprint density at radius 2 is 2.06 bits per heavy atom. The Labute approximate surface area is 107 Å². The van der Waals surface area contributed by atoms with Crippen LogP contribution in [0.15, 0.2) is 12.1 Å². The lowest BCUT2D eigenvalue weighted by atomic mass is 10.0. The van der Waals surface area contributed by atoms with Crippen molar-refractivity contribution in [1.82, 2.24) is 5.32 Å². The summed E-state index contributed by atoms with van der Waals surface area (Å²) < 4.78 is 0. The zero-order valence-corrected chi connectivity index (χ0v) is 10.8. The molecule has 0 aromatic heterocycles. The van der Waals surface area contributed by atoms with Crippen LogP contribution in [0, 0.1) is 19.3 Å². The van der Waals surface area contributed by atoms with E-state index < -0.39 is 0 Å². The van der Waals surface area contributed by atoms with Gasteiger partial charge in [-0.3, -0.25) is 4.79 Å². The van der Waals surface area contributed by atoms with Crippen molar-refractivity contribution in [3.05, 3.63) is 28.8 Å². The van der Waals surface area contributed by atoms with Crippen LogP contribution in [0.1, 0.15) is 34.3 Å². The van der Waals surface area contributed by atoms with E-state index >= 15 is 0 Å². The molecule has 3 N–H and O–H groups in total. The van der Waals surface area contributed by atoms with E-state index in [1.807, 2.05) is 13.0 Å². The first-order chi connectivity index (χ1) is 8.47. The van der Waals surface area contributed by atoms with Crippen LogP contribution in [0.3, 0.4) is 0 Å². The molecule has 0 atom stereocenters. The number of phenolic OH excluding ortho intramolecular Hbond substituents is 1. The van der Waals surface area contributed by atoms with Gasteiger partial charge in [0.15, 0.2) is 0 Å². The van der Waals surface area contributed by atoms with E-state index in [9.17, 15) is 15.0 Å². The minimum Gasteiger partial charge on any atom is -0.507 e. The average Bonchev–Trinajstić information content (AvgIpc) is 3.11. The van der Waals surface area contributed by atoms with Crippen LogP contribution in [0.25, 0.3) is 0 Å². The maximum atomic E-state index is 12.0. The van der Waals surface area contributed by atoms with Gasteiger partial charge in [0.05, 0.1) is 12.2 Å². The van der Waals surface area contributed by atoms with Crippen LogP contribution in [0.4, 0.5) is 0 Å². The molecule has 2 rings (SSSR count). The highest BCUT2D eigenvalue weighted by Crippen LogP contribution is 2.44. The second kappa shape index (κ2) is 4.61. The molecule has 1 aromatic rings. The van der Waals surface area contributed by atoms with Gasteiger partial charge in [-0.1, -0.05) is 6.07 Å². The highest BCUT2D eigenvalue weighted by molar-refractivity contribution is 5.97. The fraction of sp³-hybridized carbons (Fsp3) is 0.500. The van der Waals surface area contributed by atoms with Gasteiger partial charge in [0.25, 0.3) is 5.91 Å². The molecule has 0 radical (unpaired) electrons. The van der Waals surface area contributed by atoms with E-state index in [-0.39, 0.29) is 23.7 Å². The molecule has 0 saturated heterocycles. The topological polar surface area (TPSA) is 69.6 Å². The van der Waals surface area contributed by atoms with Crippen molar-refractivity contribution in [2.24, 2.45) is 5.41 Å². The summed E-state index contributed by atoms with van der Waals surface area (Å²) >= 11 is 0. The second-order valence-corrected chi connectivity index (χ2v) is 5.32. The van der Waals surface area contributed by atoms with Crippen LogP contribution in [0.5, 0.6) is 5.75 Å². The fourth-order valence-corrected chi connectivity index (χ4v) is 2.06. The van der Waals surface area contributed by atoms with Crippen LogP contribution in [-0.4, -0.2) is 29.3 Å². The van der Waals surface area contributed by atoms with Gasteiger partial charge in [0.2, 0.25) is 0 Å². The number of hydrogen-bond donors (Lipinski definition) is 3. The van der Waals surface area contributed by atoms with Crippen molar-refractivity contribution < 1.29 is 15.0 Å². The van der Waals surface area contributed by atoms with E-state index in [0.717, 1.165) is 18.4 Å². The zero-order chi connectivity index (χ0) is 13.3. The molecule has 0 unspecified atom stereocenters. The standard InChI is InChI=1S/C14H19NO3/c1-9-5-10(2)12(17)11(6-9)13(18)15-7-14(8-16)3-4-14/h5-6,16-17H,3-4,7-8H2,1-2H3,(H,15,18). The molecule has 0 bridgehead atoms. The first kappa shape index (κ1) is 12.9. The summed E-state index contributed by atoms with van der Waals surface area (Å²) in [5, 5.41) is 21.9. The number of benzene rings is 1. The van der Waals surface area contributed by atoms with E-state index in [2.05, 4.69) is 5.32 Å². The number of amides is 1. The first-order valence-corrected chi connectivity index (χ1v) is 6.17. The molecule has 1 amide bonds. The highest BCUT2D eigenvalue weighted by Gasteiger charge is 2.42. The number of hydrogen-bond acceptors (Lipinski definition) is 3. The largest absolute Gasteiger partial charge is 0.507 e. The summed E-state index contributed by atoms with van der Waals surface area (Å²) in [5.74, 6) is -0.244. The number of aromatic hydroxyl groups is 1. The Hall–Kier alpha value is -1.55. The second-order valence-electron chi connectivity index (χ2n) is 5.32. The van der Waals surface area contributed by atoms with Gasteiger partial charge in [0.1, 0.15) is 5.75 Å². The first-order valence-electron chi connectivity index (χ1n) is 6.17. The monoisotopic (exact) mass is 249 g/mol. The van der Waals surface area contributed by atoms with Gasteiger partial charge in [-0.25, -0.2) is 0 Å². The van der Waals surface area contributed by atoms with Crippen molar-refractivity contribution in [2.75, 3.05) is 13.2 Å². The van der Waals surface area contributed by atoms with Gasteiger partial charge in [-0.05, 0) is 43.9 Å². The molecule has 0 spiro atoms. The van der Waals surface area contributed by atoms with E-state index in [1.54, 1.807) is 13.0 Å². The lowest BCUT2D eigenvalue weighted by Crippen LogP contribution is -2.32. The lowest BCUT2D eigenvalue weighted by Gasteiger charge is -2.14. The number of aryl methyl sites for hydroxylation is 2. The molecule has 0 heterocycles. The molecule has 1 aliphatic carbocycles. The maximum absolute atomic E-state index is 12.0. The third-order valence-corrected chi connectivity index (χ3v) is 3.61. The molecule has 98 valence electrons. The maximum Gasteiger partial charge on any atom is 0.255 e. The summed E-state index contributed by atoms with van der Waals surface area (Å²) in [6, 6.07) is 3.51. The van der Waals surface area contributed by atoms with E-state index in [4.69, 9.17) is 0 Å². The van der Waals surface area contributed by atoms with Crippen molar-refractivity contribution in [3.63, 3.8) is 0 Å². The van der Waals surface area contributed by atoms with Crippen LogP contribution >= 0.6 is 0 Å². The summed E-state index contributed by atoms with van der Waals surface area (Å²) in [6.07, 6.45) is 1.89. The predicted octanol–water partition coefficient (Wildman–Crippen LogP) is 1.51. The van der Waals surface area contributed by atoms with Crippen molar-refractivity contribution in [3.8, 4) is 5.75 Å². The number of carbonyl (C=O) groups excluding carboxylic acids is 1. The molecule has 1 fully saturated rings. The zero-order valence-electron chi connectivity index (χ0n) is 10.8. The Morgan fingerprint density at radius 1 is 1.39 bits per heavy atom. The van der Waals surface area contributed by atoms with E-state index in [1.165, 1.54) is 0 Å². The number of phenols is 1. The number of nitrogens with one attached hydrogen (secondary N) is 1. The van der Waals surface area contributed by atoms with E-state index in [0.29, 0.717) is 17.7 Å². The van der Waals surface area contributed by atoms with Gasteiger partial charge < -0.3 is 15.5 Å². The lowest BCUT2D eigenvalue weighted by molar-refractivity contribution is 0.0932.